The fourth-order valence-electron chi connectivity index (χ4n) is 4.36. The van der Waals surface area contributed by atoms with Gasteiger partial charge in [-0.05, 0) is 41.5 Å². The molecule has 1 aromatic heterocycles. The Morgan fingerprint density at radius 3 is 2.27 bits per heavy atom. The van der Waals surface area contributed by atoms with Gasteiger partial charge in [0.1, 0.15) is 17.8 Å². The van der Waals surface area contributed by atoms with Crippen molar-refractivity contribution in [1.82, 2.24) is 10.3 Å². The molecule has 3 N–H and O–H groups in total. The van der Waals surface area contributed by atoms with E-state index in [1.807, 2.05) is 36.4 Å². The van der Waals surface area contributed by atoms with Gasteiger partial charge in [0.05, 0.1) is 0 Å². The lowest BCUT2D eigenvalue weighted by Gasteiger charge is -2.37. The van der Waals surface area contributed by atoms with Gasteiger partial charge >= 0.3 is 12.1 Å². The topological polar surface area (TPSA) is 118 Å². The quantitative estimate of drug-likeness (QED) is 0.503. The zero-order chi connectivity index (χ0) is 23.0. The molecule has 2 aliphatic carbocycles. The number of fused-ring (bicyclic) bond motifs is 3. The summed E-state index contributed by atoms with van der Waals surface area (Å²) in [7, 11) is 0. The van der Waals surface area contributed by atoms with E-state index in [-0.39, 0.29) is 23.4 Å². The van der Waals surface area contributed by atoms with Gasteiger partial charge in [-0.15, -0.1) is 11.3 Å². The van der Waals surface area contributed by atoms with Crippen LogP contribution in [0, 0.1) is 0 Å². The number of anilines is 1. The van der Waals surface area contributed by atoms with Crippen molar-refractivity contribution >= 4 is 34.4 Å². The van der Waals surface area contributed by atoms with Crippen LogP contribution in [-0.2, 0) is 9.53 Å². The smallest absolute Gasteiger partial charge is 0.413 e. The van der Waals surface area contributed by atoms with E-state index in [1.165, 1.54) is 5.38 Å². The summed E-state index contributed by atoms with van der Waals surface area (Å²) in [4.78, 5) is 40.4. The molecule has 3 aromatic rings. The van der Waals surface area contributed by atoms with Crippen molar-refractivity contribution in [2.24, 2.45) is 0 Å². The molecule has 0 atom stereocenters. The molecular weight excluding hydrogens is 442 g/mol. The fraction of sp³-hybridized carbons (Fsp3) is 0.250. The van der Waals surface area contributed by atoms with E-state index in [0.717, 1.165) is 40.0 Å². The van der Waals surface area contributed by atoms with Crippen LogP contribution in [0.4, 0.5) is 9.93 Å². The minimum atomic E-state index is -1.22. The van der Waals surface area contributed by atoms with Crippen molar-refractivity contribution in [1.29, 1.82) is 0 Å². The second-order valence-electron chi connectivity index (χ2n) is 8.18. The number of nitrogens with one attached hydrogen (secondary N) is 2. The normalized spacial score (nSPS) is 15.6. The van der Waals surface area contributed by atoms with E-state index in [9.17, 15) is 19.5 Å². The number of benzene rings is 2. The Hall–Kier alpha value is -3.72. The van der Waals surface area contributed by atoms with Gasteiger partial charge in [-0.2, -0.15) is 0 Å². The summed E-state index contributed by atoms with van der Waals surface area (Å²) >= 11 is 1.07. The van der Waals surface area contributed by atoms with Crippen molar-refractivity contribution in [3.8, 4) is 11.1 Å². The van der Waals surface area contributed by atoms with Crippen LogP contribution in [0.2, 0.25) is 0 Å². The minimum absolute atomic E-state index is 0.0569. The first kappa shape index (κ1) is 21.1. The number of carboxylic acid groups (broad SMARTS) is 1. The first-order chi connectivity index (χ1) is 16.0. The Morgan fingerprint density at radius 2 is 1.70 bits per heavy atom. The van der Waals surface area contributed by atoms with E-state index in [4.69, 9.17) is 4.74 Å². The van der Waals surface area contributed by atoms with Crippen molar-refractivity contribution in [2.45, 2.75) is 30.7 Å². The molecule has 168 valence electrons. The number of carbonyl (C=O) groups excluding carboxylic acids is 2. The van der Waals surface area contributed by atoms with Gasteiger partial charge in [0, 0.05) is 11.3 Å². The predicted molar refractivity (Wildman–Crippen MR) is 122 cm³/mol. The minimum Gasteiger partial charge on any atom is -0.480 e. The highest BCUT2D eigenvalue weighted by Crippen LogP contribution is 2.44. The molecule has 1 fully saturated rings. The molecule has 1 saturated carbocycles. The highest BCUT2D eigenvalue weighted by atomic mass is 32.1. The van der Waals surface area contributed by atoms with Gasteiger partial charge in [-0.25, -0.2) is 14.6 Å². The lowest BCUT2D eigenvalue weighted by atomic mass is 9.76. The van der Waals surface area contributed by atoms with Crippen molar-refractivity contribution < 1.29 is 24.2 Å². The van der Waals surface area contributed by atoms with Crippen LogP contribution in [0.25, 0.3) is 11.1 Å². The van der Waals surface area contributed by atoms with Gasteiger partial charge < -0.3 is 15.2 Å². The van der Waals surface area contributed by atoms with E-state index in [0.29, 0.717) is 12.8 Å². The first-order valence-electron chi connectivity index (χ1n) is 10.6. The van der Waals surface area contributed by atoms with Crippen LogP contribution in [0.3, 0.4) is 0 Å². The lowest BCUT2D eigenvalue weighted by molar-refractivity contribution is -0.148. The summed E-state index contributed by atoms with van der Waals surface area (Å²) < 4.78 is 5.49. The largest absolute Gasteiger partial charge is 0.480 e. The number of hydrogen-bond donors (Lipinski definition) is 3. The van der Waals surface area contributed by atoms with Crippen LogP contribution in [0.5, 0.6) is 0 Å². The van der Waals surface area contributed by atoms with E-state index >= 15 is 0 Å². The summed E-state index contributed by atoms with van der Waals surface area (Å²) in [5.41, 5.74) is 3.35. The van der Waals surface area contributed by atoms with Gasteiger partial charge in [0.15, 0.2) is 5.13 Å². The van der Waals surface area contributed by atoms with Gasteiger partial charge in [0.2, 0.25) is 0 Å². The van der Waals surface area contributed by atoms with Crippen molar-refractivity contribution in [3.05, 3.63) is 70.7 Å². The maximum atomic E-state index is 12.4. The SMILES string of the molecule is O=C(Nc1nc(C(=O)NC2(C(=O)O)CCC2)cs1)OCC1c2ccccc2-c2ccccc21. The van der Waals surface area contributed by atoms with Crippen LogP contribution < -0.4 is 10.6 Å². The number of rotatable bonds is 6. The Bertz CT molecular complexity index is 1200. The molecule has 2 amide bonds. The molecule has 33 heavy (non-hydrogen) atoms. The van der Waals surface area contributed by atoms with Crippen LogP contribution >= 0.6 is 11.3 Å². The highest BCUT2D eigenvalue weighted by molar-refractivity contribution is 7.14. The number of aromatic nitrogens is 1. The van der Waals surface area contributed by atoms with Crippen molar-refractivity contribution in [2.75, 3.05) is 11.9 Å². The molecule has 0 radical (unpaired) electrons. The summed E-state index contributed by atoms with van der Waals surface area (Å²) in [6, 6.07) is 16.1. The maximum Gasteiger partial charge on any atom is 0.413 e. The molecule has 8 nitrogen and oxygen atoms in total. The third-order valence-corrected chi connectivity index (χ3v) is 7.02. The number of amides is 2. The zero-order valence-electron chi connectivity index (χ0n) is 17.5. The second kappa shape index (κ2) is 8.32. The Balaban J connectivity index is 1.21. The molecule has 5 rings (SSSR count). The van der Waals surface area contributed by atoms with Gasteiger partial charge in [0.25, 0.3) is 5.91 Å². The molecule has 2 aromatic carbocycles. The van der Waals surface area contributed by atoms with E-state index in [2.05, 4.69) is 27.8 Å². The van der Waals surface area contributed by atoms with Crippen LogP contribution in [0.15, 0.2) is 53.9 Å². The van der Waals surface area contributed by atoms with E-state index < -0.39 is 23.5 Å². The Kier molecular flexibility index (Phi) is 5.33. The second-order valence-corrected chi connectivity index (χ2v) is 9.04. The summed E-state index contributed by atoms with van der Waals surface area (Å²) in [6.07, 6.45) is 0.865. The standard InChI is InChI=1S/C24H21N3O5S/c28-20(27-24(21(29)30)10-5-11-24)19-13-33-22(25-19)26-23(31)32-12-18-16-8-3-1-6-14(16)15-7-2-4-9-17(15)18/h1-4,6-9,13,18H,5,10-12H2,(H,27,28)(H,29,30)(H,25,26,31). The number of nitrogens with zero attached hydrogens (tertiary/aromatic N) is 1. The molecule has 0 bridgehead atoms. The molecule has 0 aliphatic heterocycles. The number of carboxylic acids is 1. The molecule has 1 heterocycles. The number of aliphatic carboxylic acids is 1. The third-order valence-electron chi connectivity index (χ3n) is 6.26. The molecule has 0 spiro atoms. The van der Waals surface area contributed by atoms with Gasteiger partial charge in [-0.1, -0.05) is 48.5 Å². The number of ether oxygens (including phenoxy) is 1. The predicted octanol–water partition coefficient (Wildman–Crippen LogP) is 4.24. The zero-order valence-corrected chi connectivity index (χ0v) is 18.4. The number of carbonyl (C=O) groups is 3. The molecular formula is C24H21N3O5S. The fourth-order valence-corrected chi connectivity index (χ4v) is 5.04. The monoisotopic (exact) mass is 463 g/mol. The van der Waals surface area contributed by atoms with Crippen molar-refractivity contribution in [3.63, 3.8) is 0 Å². The lowest BCUT2D eigenvalue weighted by Crippen LogP contribution is -2.59. The number of hydrogen-bond acceptors (Lipinski definition) is 6. The summed E-state index contributed by atoms with van der Waals surface area (Å²) in [6.45, 7) is 0.166. The maximum absolute atomic E-state index is 12.4. The first-order valence-corrected chi connectivity index (χ1v) is 11.5. The molecule has 0 unspecified atom stereocenters. The number of thiazole rings is 1. The van der Waals surface area contributed by atoms with E-state index in [1.54, 1.807) is 0 Å². The summed E-state index contributed by atoms with van der Waals surface area (Å²) in [5.74, 6) is -1.68. The van der Waals surface area contributed by atoms with Crippen LogP contribution in [0.1, 0.15) is 46.8 Å². The average molecular weight is 464 g/mol. The van der Waals surface area contributed by atoms with Crippen LogP contribution in [-0.4, -0.2) is 40.2 Å². The molecule has 0 saturated heterocycles. The average Bonchev–Trinajstić information content (AvgIpc) is 3.37. The third kappa shape index (κ3) is 3.84. The van der Waals surface area contributed by atoms with Gasteiger partial charge in [-0.3, -0.25) is 10.1 Å². The Labute approximate surface area is 193 Å². The molecule has 2 aliphatic rings. The highest BCUT2D eigenvalue weighted by Gasteiger charge is 2.46. The summed E-state index contributed by atoms with van der Waals surface area (Å²) in [5, 5.41) is 16.2. The molecule has 9 heteroatoms. The Morgan fingerprint density at radius 1 is 1.06 bits per heavy atom.